The van der Waals surface area contributed by atoms with E-state index in [1.165, 1.54) is 19.3 Å². The minimum Gasteiger partial charge on any atom is -0.455 e. The molecule has 0 atom stereocenters. The van der Waals surface area contributed by atoms with E-state index in [1.54, 1.807) is 18.3 Å². The molecule has 44 heavy (non-hydrogen) atoms. The quantitative estimate of drug-likeness (QED) is 0.192. The van der Waals surface area contributed by atoms with Gasteiger partial charge in [-0.15, -0.1) is 0 Å². The number of benzene rings is 3. The van der Waals surface area contributed by atoms with Crippen molar-refractivity contribution in [2.45, 2.75) is 13.3 Å². The van der Waals surface area contributed by atoms with E-state index >= 15 is 0 Å². The number of furan rings is 1. The minimum absolute atomic E-state index is 0.0245. The molecule has 3 aromatic carbocycles. The van der Waals surface area contributed by atoms with Gasteiger partial charge in [-0.05, 0) is 31.2 Å². The number of aromatic amines is 1. The average Bonchev–Trinajstić information content (AvgIpc) is 3.60. The van der Waals surface area contributed by atoms with Crippen LogP contribution in [0.3, 0.4) is 0 Å². The smallest absolute Gasteiger partial charge is 0.257 e. The molecule has 3 heterocycles. The Labute approximate surface area is 252 Å². The van der Waals surface area contributed by atoms with Gasteiger partial charge in [0.25, 0.3) is 12.3 Å². The first-order valence-corrected chi connectivity index (χ1v) is 15.6. The lowest BCUT2D eigenvalue weighted by atomic mass is 9.98. The number of fused-ring (bicyclic) bond motifs is 2. The highest BCUT2D eigenvalue weighted by molar-refractivity contribution is 7.92. The van der Waals surface area contributed by atoms with Crippen molar-refractivity contribution in [2.24, 2.45) is 0 Å². The van der Waals surface area contributed by atoms with Crippen LogP contribution in [0.1, 0.15) is 15.9 Å². The van der Waals surface area contributed by atoms with Gasteiger partial charge >= 0.3 is 0 Å². The van der Waals surface area contributed by atoms with Crippen molar-refractivity contribution in [1.82, 2.24) is 15.3 Å². The molecule has 8 nitrogen and oxygen atoms in total. The Balaban J connectivity index is 1.63. The second kappa shape index (κ2) is 11.2. The van der Waals surface area contributed by atoms with Crippen molar-refractivity contribution in [2.75, 3.05) is 24.2 Å². The molecule has 2 N–H and O–H groups in total. The zero-order chi connectivity index (χ0) is 31.2. The number of para-hydroxylation sites is 1. The predicted molar refractivity (Wildman–Crippen MR) is 168 cm³/mol. The van der Waals surface area contributed by atoms with Gasteiger partial charge in [0, 0.05) is 69.7 Å². The van der Waals surface area contributed by atoms with Gasteiger partial charge in [0.15, 0.2) is 0 Å². The lowest BCUT2D eigenvalue weighted by Crippen LogP contribution is -2.34. The summed E-state index contributed by atoms with van der Waals surface area (Å²) in [4.78, 5) is 21.0. The number of sulfonamides is 1. The summed E-state index contributed by atoms with van der Waals surface area (Å²) in [6.07, 6.45) is 1.10. The van der Waals surface area contributed by atoms with Crippen LogP contribution < -0.4 is 9.62 Å². The molecule has 0 saturated carbocycles. The third-order valence-electron chi connectivity index (χ3n) is 7.44. The summed E-state index contributed by atoms with van der Waals surface area (Å²) in [6.45, 7) is 0.863. The van der Waals surface area contributed by atoms with E-state index in [0.717, 1.165) is 28.4 Å². The van der Waals surface area contributed by atoms with Gasteiger partial charge in [0.2, 0.25) is 10.0 Å². The average molecular weight is 615 g/mol. The summed E-state index contributed by atoms with van der Waals surface area (Å²) < 4.78 is 60.3. The number of hydrogen-bond acceptors (Lipinski definition) is 5. The van der Waals surface area contributed by atoms with Crippen molar-refractivity contribution < 1.29 is 26.4 Å². The fraction of sp³-hybridized carbons (Fsp3) is 0.152. The summed E-state index contributed by atoms with van der Waals surface area (Å²) in [5.74, 6) is -0.150. The van der Waals surface area contributed by atoms with Gasteiger partial charge in [-0.2, -0.15) is 0 Å². The second-order valence-electron chi connectivity index (χ2n) is 10.5. The number of pyridine rings is 1. The standard InChI is InChI=1S/C33H28F2N4O4S/c1-19-8-10-20(11-9-19)32-31(33(40)36-2)25-14-24(28(15-29(25)43-32)39(18-30(34)35)44(3,41)42)22-12-23(17-37-16-22)27-13-21-6-4-5-7-26(21)38-27/h4-17,30,38H,18H2,1-3H3,(H,36,40). The van der Waals surface area contributed by atoms with Gasteiger partial charge < -0.3 is 14.7 Å². The number of carbonyl (C=O) groups is 1. The molecule has 6 rings (SSSR count). The number of anilines is 1. The van der Waals surface area contributed by atoms with Crippen molar-refractivity contribution in [1.29, 1.82) is 0 Å². The fourth-order valence-electron chi connectivity index (χ4n) is 5.33. The molecule has 11 heteroatoms. The summed E-state index contributed by atoms with van der Waals surface area (Å²) >= 11 is 0. The van der Waals surface area contributed by atoms with Crippen molar-refractivity contribution in [3.8, 4) is 33.7 Å². The maximum absolute atomic E-state index is 13.8. The summed E-state index contributed by atoms with van der Waals surface area (Å²) in [7, 11) is -2.67. The van der Waals surface area contributed by atoms with E-state index in [1.807, 2.05) is 61.5 Å². The van der Waals surface area contributed by atoms with Crippen LogP contribution in [-0.4, -0.2) is 50.6 Å². The number of amides is 1. The first-order valence-electron chi connectivity index (χ1n) is 13.7. The van der Waals surface area contributed by atoms with Crippen LogP contribution in [0.4, 0.5) is 14.5 Å². The number of nitrogens with one attached hydrogen (secondary N) is 2. The number of alkyl halides is 2. The highest BCUT2D eigenvalue weighted by atomic mass is 32.2. The van der Waals surface area contributed by atoms with E-state index in [2.05, 4.69) is 15.3 Å². The molecule has 0 fully saturated rings. The SMILES string of the molecule is CNC(=O)c1c(-c2ccc(C)cc2)oc2cc(N(CC(F)F)S(C)(=O)=O)c(-c3cncc(-c4cc5ccccc5[nH]4)c3)cc12. The van der Waals surface area contributed by atoms with Crippen LogP contribution in [0.15, 0.2) is 89.6 Å². The minimum atomic E-state index is -4.17. The van der Waals surface area contributed by atoms with Gasteiger partial charge in [-0.1, -0.05) is 48.0 Å². The van der Waals surface area contributed by atoms with Crippen molar-refractivity contribution in [3.63, 3.8) is 0 Å². The molecule has 6 aromatic rings. The van der Waals surface area contributed by atoms with E-state index in [4.69, 9.17) is 4.42 Å². The zero-order valence-corrected chi connectivity index (χ0v) is 24.9. The molecule has 0 saturated heterocycles. The molecule has 0 spiro atoms. The first-order chi connectivity index (χ1) is 21.0. The van der Waals surface area contributed by atoms with Gasteiger partial charge in [-0.3, -0.25) is 14.1 Å². The highest BCUT2D eigenvalue weighted by Crippen LogP contribution is 2.42. The fourth-order valence-corrected chi connectivity index (χ4v) is 6.22. The number of rotatable bonds is 8. The Morgan fingerprint density at radius 3 is 2.41 bits per heavy atom. The number of aromatic nitrogens is 2. The molecule has 0 radical (unpaired) electrons. The van der Waals surface area contributed by atoms with Gasteiger partial charge in [-0.25, -0.2) is 17.2 Å². The van der Waals surface area contributed by atoms with Crippen LogP contribution in [0.5, 0.6) is 0 Å². The van der Waals surface area contributed by atoms with Crippen molar-refractivity contribution >= 4 is 43.5 Å². The molecule has 1 amide bonds. The highest BCUT2D eigenvalue weighted by Gasteiger charge is 2.29. The Morgan fingerprint density at radius 2 is 1.73 bits per heavy atom. The van der Waals surface area contributed by atoms with E-state index < -0.39 is 28.9 Å². The molecule has 0 aliphatic heterocycles. The number of hydrogen-bond donors (Lipinski definition) is 2. The first kappa shape index (κ1) is 29.1. The summed E-state index contributed by atoms with van der Waals surface area (Å²) in [5, 5.41) is 4.03. The number of H-pyrrole nitrogens is 1. The van der Waals surface area contributed by atoms with Crippen LogP contribution in [0.25, 0.3) is 55.6 Å². The lowest BCUT2D eigenvalue weighted by Gasteiger charge is -2.25. The number of aryl methyl sites for hydroxylation is 1. The van der Waals surface area contributed by atoms with Crippen LogP contribution in [0, 0.1) is 6.92 Å². The van der Waals surface area contributed by atoms with E-state index in [9.17, 15) is 22.0 Å². The Bertz CT molecular complexity index is 2100. The predicted octanol–water partition coefficient (Wildman–Crippen LogP) is 7.01. The third kappa shape index (κ3) is 5.42. The van der Waals surface area contributed by atoms with Gasteiger partial charge in [0.1, 0.15) is 11.3 Å². The number of carbonyl (C=O) groups excluding carboxylic acids is 1. The van der Waals surface area contributed by atoms with E-state index in [0.29, 0.717) is 26.4 Å². The van der Waals surface area contributed by atoms with Crippen LogP contribution >= 0.6 is 0 Å². The van der Waals surface area contributed by atoms with Crippen LogP contribution in [0.2, 0.25) is 0 Å². The molecule has 3 aromatic heterocycles. The molecule has 0 aliphatic carbocycles. The van der Waals surface area contributed by atoms with Crippen LogP contribution in [-0.2, 0) is 10.0 Å². The largest absolute Gasteiger partial charge is 0.455 e. The third-order valence-corrected chi connectivity index (χ3v) is 8.58. The Kier molecular flexibility index (Phi) is 7.42. The summed E-state index contributed by atoms with van der Waals surface area (Å²) in [6, 6.07) is 21.9. The monoisotopic (exact) mass is 614 g/mol. The number of nitrogens with zero attached hydrogens (tertiary/aromatic N) is 2. The second-order valence-corrected chi connectivity index (χ2v) is 12.4. The van der Waals surface area contributed by atoms with Crippen molar-refractivity contribution in [3.05, 3.63) is 96.3 Å². The lowest BCUT2D eigenvalue weighted by molar-refractivity contribution is 0.0964. The molecule has 224 valence electrons. The molecule has 0 bridgehead atoms. The maximum Gasteiger partial charge on any atom is 0.257 e. The number of halogens is 2. The Hall–Kier alpha value is -5.03. The molecule has 0 aliphatic rings. The zero-order valence-electron chi connectivity index (χ0n) is 24.1. The Morgan fingerprint density at radius 1 is 1.00 bits per heavy atom. The topological polar surface area (TPSA) is 108 Å². The van der Waals surface area contributed by atoms with E-state index in [-0.39, 0.29) is 28.2 Å². The summed E-state index contributed by atoms with van der Waals surface area (Å²) in [5.41, 5.74) is 5.15. The van der Waals surface area contributed by atoms with Gasteiger partial charge in [0.05, 0.1) is 24.1 Å². The normalized spacial score (nSPS) is 11.9. The molecule has 0 unspecified atom stereocenters. The maximum atomic E-state index is 13.8. The molecular formula is C33H28F2N4O4S. The molecular weight excluding hydrogens is 586 g/mol.